The summed E-state index contributed by atoms with van der Waals surface area (Å²) in [6, 6.07) is 8.27. The summed E-state index contributed by atoms with van der Waals surface area (Å²) >= 11 is 0. The predicted molar refractivity (Wildman–Crippen MR) is 77.6 cm³/mol. The molecule has 1 aromatic carbocycles. The minimum atomic E-state index is -0.691. The van der Waals surface area contributed by atoms with Gasteiger partial charge in [-0.2, -0.15) is 0 Å². The summed E-state index contributed by atoms with van der Waals surface area (Å²) in [5, 5.41) is 11.5. The van der Waals surface area contributed by atoms with Gasteiger partial charge in [-0.25, -0.2) is 0 Å². The molecular weight excluding hydrogens is 222 g/mol. The predicted octanol–water partition coefficient (Wildman–Crippen LogP) is 4.04. The van der Waals surface area contributed by atoms with E-state index in [0.29, 0.717) is 0 Å². The molecule has 0 atom stereocenters. The second-order valence-electron chi connectivity index (χ2n) is 4.85. The quantitative estimate of drug-likeness (QED) is 0.835. The second-order valence-corrected chi connectivity index (χ2v) is 4.85. The van der Waals surface area contributed by atoms with Gasteiger partial charge in [-0.3, -0.25) is 0 Å². The van der Waals surface area contributed by atoms with E-state index in [1.54, 1.807) is 0 Å². The van der Waals surface area contributed by atoms with Crippen molar-refractivity contribution in [1.29, 1.82) is 0 Å². The smallest absolute Gasteiger partial charge is 0.0826 e. The number of aliphatic hydroxyl groups is 1. The van der Waals surface area contributed by atoms with Crippen LogP contribution in [0.4, 0.5) is 0 Å². The van der Waals surface area contributed by atoms with Gasteiger partial charge < -0.3 is 10.1 Å². The van der Waals surface area contributed by atoms with Crippen molar-refractivity contribution in [1.82, 2.24) is 4.98 Å². The third kappa shape index (κ3) is 2.34. The Bertz CT molecular complexity index is 561. The largest absolute Gasteiger partial charge is 0.386 e. The molecular formula is C16H21NO. The van der Waals surface area contributed by atoms with Crippen LogP contribution >= 0.6 is 0 Å². The maximum atomic E-state index is 10.3. The summed E-state index contributed by atoms with van der Waals surface area (Å²) < 4.78 is 0. The Kier molecular flexibility index (Phi) is 3.58. The van der Waals surface area contributed by atoms with E-state index in [9.17, 15) is 5.11 Å². The molecule has 0 spiro atoms. The van der Waals surface area contributed by atoms with Crippen molar-refractivity contribution in [2.24, 2.45) is 0 Å². The monoisotopic (exact) mass is 243 g/mol. The van der Waals surface area contributed by atoms with Crippen LogP contribution < -0.4 is 0 Å². The molecule has 2 aromatic rings. The van der Waals surface area contributed by atoms with Crippen molar-refractivity contribution in [3.05, 3.63) is 41.6 Å². The van der Waals surface area contributed by atoms with E-state index in [0.717, 1.165) is 24.1 Å². The van der Waals surface area contributed by atoms with Crippen molar-refractivity contribution >= 4 is 17.0 Å². The molecule has 0 aliphatic rings. The van der Waals surface area contributed by atoms with Gasteiger partial charge in [0.25, 0.3) is 0 Å². The van der Waals surface area contributed by atoms with Crippen LogP contribution in [0.25, 0.3) is 17.0 Å². The Labute approximate surface area is 108 Å². The first-order chi connectivity index (χ1) is 8.59. The molecule has 0 aliphatic carbocycles. The molecule has 0 radical (unpaired) electrons. The van der Waals surface area contributed by atoms with Crippen LogP contribution in [0.3, 0.4) is 0 Å². The number of H-pyrrole nitrogens is 1. The topological polar surface area (TPSA) is 36.0 Å². The zero-order chi connectivity index (χ0) is 13.2. The Balaban J connectivity index is 2.38. The average molecular weight is 243 g/mol. The van der Waals surface area contributed by atoms with E-state index >= 15 is 0 Å². The molecule has 2 N–H and O–H groups in total. The fourth-order valence-corrected chi connectivity index (χ4v) is 2.19. The SMILES string of the molecule is CCC(O)(C=Cc1[nH]c2ccccc2c1C)CC. The summed E-state index contributed by atoms with van der Waals surface area (Å²) in [7, 11) is 0. The third-order valence-electron chi connectivity index (χ3n) is 3.79. The molecule has 2 nitrogen and oxygen atoms in total. The van der Waals surface area contributed by atoms with Gasteiger partial charge in [0.05, 0.1) is 5.60 Å². The van der Waals surface area contributed by atoms with Crippen molar-refractivity contribution < 1.29 is 5.11 Å². The highest BCUT2D eigenvalue weighted by atomic mass is 16.3. The first kappa shape index (κ1) is 12.9. The van der Waals surface area contributed by atoms with E-state index in [4.69, 9.17) is 0 Å². The van der Waals surface area contributed by atoms with Crippen molar-refractivity contribution in [3.63, 3.8) is 0 Å². The second kappa shape index (κ2) is 4.99. The van der Waals surface area contributed by atoms with Crippen LogP contribution in [-0.2, 0) is 0 Å². The summed E-state index contributed by atoms with van der Waals surface area (Å²) in [4.78, 5) is 3.39. The number of nitrogens with one attached hydrogen (secondary N) is 1. The van der Waals surface area contributed by atoms with E-state index < -0.39 is 5.60 Å². The zero-order valence-electron chi connectivity index (χ0n) is 11.3. The number of aromatic amines is 1. The number of rotatable bonds is 4. The first-order valence-electron chi connectivity index (χ1n) is 6.58. The van der Waals surface area contributed by atoms with Crippen molar-refractivity contribution in [3.8, 4) is 0 Å². The average Bonchev–Trinajstić information content (AvgIpc) is 2.73. The molecule has 96 valence electrons. The minimum absolute atomic E-state index is 0.691. The highest BCUT2D eigenvalue weighted by Gasteiger charge is 2.17. The number of para-hydroxylation sites is 1. The minimum Gasteiger partial charge on any atom is -0.386 e. The summed E-state index contributed by atoms with van der Waals surface area (Å²) in [5.74, 6) is 0. The molecule has 2 rings (SSSR count). The van der Waals surface area contributed by atoms with Gasteiger partial charge in [0.15, 0.2) is 0 Å². The summed E-state index contributed by atoms with van der Waals surface area (Å²) in [5.41, 5.74) is 2.77. The molecule has 0 bridgehead atoms. The Morgan fingerprint density at radius 1 is 1.22 bits per heavy atom. The molecule has 18 heavy (non-hydrogen) atoms. The molecule has 0 fully saturated rings. The number of fused-ring (bicyclic) bond motifs is 1. The van der Waals surface area contributed by atoms with Gasteiger partial charge in [-0.1, -0.05) is 38.1 Å². The van der Waals surface area contributed by atoms with E-state index in [2.05, 4.69) is 24.0 Å². The van der Waals surface area contributed by atoms with Crippen LogP contribution in [0.2, 0.25) is 0 Å². The van der Waals surface area contributed by atoms with Gasteiger partial charge in [-0.05, 0) is 37.5 Å². The lowest BCUT2D eigenvalue weighted by Crippen LogP contribution is -2.22. The molecule has 2 heteroatoms. The molecule has 0 amide bonds. The third-order valence-corrected chi connectivity index (χ3v) is 3.79. The van der Waals surface area contributed by atoms with Crippen LogP contribution in [-0.4, -0.2) is 15.7 Å². The van der Waals surface area contributed by atoms with Gasteiger partial charge >= 0.3 is 0 Å². The maximum absolute atomic E-state index is 10.3. The fourth-order valence-electron chi connectivity index (χ4n) is 2.19. The Hall–Kier alpha value is -1.54. The number of aryl methyl sites for hydroxylation is 1. The molecule has 1 aromatic heterocycles. The first-order valence-corrected chi connectivity index (χ1v) is 6.58. The number of aromatic nitrogens is 1. The van der Waals surface area contributed by atoms with Gasteiger partial charge in [0, 0.05) is 16.6 Å². The highest BCUT2D eigenvalue weighted by molar-refractivity contribution is 5.86. The number of hydrogen-bond acceptors (Lipinski definition) is 1. The summed E-state index contributed by atoms with van der Waals surface area (Å²) in [6.07, 6.45) is 5.38. The Morgan fingerprint density at radius 3 is 2.50 bits per heavy atom. The van der Waals surface area contributed by atoms with Crippen LogP contribution in [0, 0.1) is 6.92 Å². The number of hydrogen-bond donors (Lipinski definition) is 2. The van der Waals surface area contributed by atoms with Gasteiger partial charge in [-0.15, -0.1) is 0 Å². The van der Waals surface area contributed by atoms with E-state index in [1.165, 1.54) is 10.9 Å². The van der Waals surface area contributed by atoms with Crippen LogP contribution in [0.1, 0.15) is 37.9 Å². The van der Waals surface area contributed by atoms with E-state index in [1.807, 2.05) is 38.1 Å². The van der Waals surface area contributed by atoms with Crippen LogP contribution in [0.5, 0.6) is 0 Å². The van der Waals surface area contributed by atoms with Crippen molar-refractivity contribution in [2.75, 3.05) is 0 Å². The van der Waals surface area contributed by atoms with E-state index in [-0.39, 0.29) is 0 Å². The molecule has 1 heterocycles. The Morgan fingerprint density at radius 2 is 1.89 bits per heavy atom. The number of benzene rings is 1. The summed E-state index contributed by atoms with van der Waals surface area (Å²) in [6.45, 7) is 6.12. The molecule has 0 saturated heterocycles. The lowest BCUT2D eigenvalue weighted by Gasteiger charge is -2.20. The molecule has 0 saturated carbocycles. The van der Waals surface area contributed by atoms with Crippen LogP contribution in [0.15, 0.2) is 30.3 Å². The fraction of sp³-hybridized carbons (Fsp3) is 0.375. The standard InChI is InChI=1S/C16H21NO/c1-4-16(18,5-2)11-10-14-12(3)13-8-6-7-9-15(13)17-14/h6-11,17-18H,4-5H2,1-3H3. The maximum Gasteiger partial charge on any atom is 0.0826 e. The van der Waals surface area contributed by atoms with Gasteiger partial charge in [0.1, 0.15) is 0 Å². The molecule has 0 unspecified atom stereocenters. The zero-order valence-corrected chi connectivity index (χ0v) is 11.3. The lowest BCUT2D eigenvalue weighted by atomic mass is 9.96. The normalized spacial score (nSPS) is 12.7. The highest BCUT2D eigenvalue weighted by Crippen LogP contribution is 2.24. The molecule has 0 aliphatic heterocycles. The lowest BCUT2D eigenvalue weighted by molar-refractivity contribution is 0.0836. The van der Waals surface area contributed by atoms with Gasteiger partial charge in [0.2, 0.25) is 0 Å². The van der Waals surface area contributed by atoms with Crippen molar-refractivity contribution in [2.45, 2.75) is 39.2 Å².